The van der Waals surface area contributed by atoms with Crippen LogP contribution in [0.1, 0.15) is 46.3 Å². The Balaban J connectivity index is 1.48. The molecule has 0 aromatic heterocycles. The molecule has 43 heavy (non-hydrogen) atoms. The van der Waals surface area contributed by atoms with Crippen LogP contribution in [0, 0.1) is 19.8 Å². The van der Waals surface area contributed by atoms with Gasteiger partial charge in [-0.05, 0) is 55.7 Å². The highest BCUT2D eigenvalue weighted by molar-refractivity contribution is 7.93. The topological polar surface area (TPSA) is 91.8 Å². The first-order valence-electron chi connectivity index (χ1n) is 14.4. The molecule has 0 aliphatic carbocycles. The first kappa shape index (κ1) is 29.3. The predicted octanol–water partition coefficient (Wildman–Crippen LogP) is 5.95. The predicted molar refractivity (Wildman–Crippen MR) is 167 cm³/mol. The Kier molecular flexibility index (Phi) is 7.52. The van der Waals surface area contributed by atoms with Gasteiger partial charge in [0.25, 0.3) is 10.0 Å². The molecule has 0 N–H and O–H groups in total. The Morgan fingerprint density at radius 1 is 0.721 bits per heavy atom. The largest absolute Gasteiger partial charge is 0.294 e. The van der Waals surface area contributed by atoms with E-state index >= 15 is 0 Å². The number of Topliss-reactive ketones (excluding diaryl/α,β-unsaturated/α-hetero) is 1. The molecule has 0 bridgehead atoms. The minimum atomic E-state index is -4.03. The van der Waals surface area contributed by atoms with E-state index in [9.17, 15) is 21.6 Å². The van der Waals surface area contributed by atoms with E-state index in [2.05, 4.69) is 0 Å². The highest BCUT2D eigenvalue weighted by Gasteiger charge is 2.55. The molecule has 0 spiro atoms. The number of carbonyl (C=O) groups excluding carboxylic acids is 1. The summed E-state index contributed by atoms with van der Waals surface area (Å²) in [7, 11) is -8.03. The van der Waals surface area contributed by atoms with Crippen LogP contribution in [-0.4, -0.2) is 45.6 Å². The molecule has 0 saturated carbocycles. The minimum Gasteiger partial charge on any atom is -0.294 e. The standard InChI is InChI=1S/C34H34N2O5S2/c1-23-13-17-27(18-14-23)42(38,39)35-22-30-29-11-7-8-12-31(29)36(43(40,41)28-19-15-24(2)16-20-28)34(30)25(3)32(35)21-33(37)26-9-5-4-6-10-26/h4-20,25,30,32,34H,21-22H2,1-3H3/t25-,30+,32?,34+/m0/s1. The molecule has 222 valence electrons. The Labute approximate surface area is 253 Å². The van der Waals surface area contributed by atoms with E-state index in [-0.39, 0.29) is 28.5 Å². The van der Waals surface area contributed by atoms with E-state index < -0.39 is 44.0 Å². The number of piperidine rings is 1. The lowest BCUT2D eigenvalue weighted by Gasteiger charge is -2.47. The Bertz CT molecular complexity index is 1870. The van der Waals surface area contributed by atoms with Crippen molar-refractivity contribution in [1.29, 1.82) is 0 Å². The van der Waals surface area contributed by atoms with Gasteiger partial charge >= 0.3 is 0 Å². The second kappa shape index (κ2) is 11.0. The third-order valence-corrected chi connectivity index (χ3v) is 12.6. The number of fused-ring (bicyclic) bond motifs is 3. The summed E-state index contributed by atoms with van der Waals surface area (Å²) in [6.45, 7) is 5.72. The Hall–Kier alpha value is -3.79. The van der Waals surface area contributed by atoms with Crippen LogP contribution in [0.5, 0.6) is 0 Å². The van der Waals surface area contributed by atoms with Gasteiger partial charge in [0.15, 0.2) is 5.78 Å². The van der Waals surface area contributed by atoms with Gasteiger partial charge in [0, 0.05) is 30.5 Å². The van der Waals surface area contributed by atoms with E-state index in [1.165, 1.54) is 8.61 Å². The number of sulfonamides is 2. The number of nitrogens with zero attached hydrogens (tertiary/aromatic N) is 2. The summed E-state index contributed by atoms with van der Waals surface area (Å²) < 4.78 is 60.1. The van der Waals surface area contributed by atoms with Gasteiger partial charge in [-0.2, -0.15) is 4.31 Å². The van der Waals surface area contributed by atoms with Crippen molar-refractivity contribution >= 4 is 31.5 Å². The number of aryl methyl sites for hydroxylation is 2. The number of hydrogen-bond donors (Lipinski definition) is 0. The van der Waals surface area contributed by atoms with Crippen molar-refractivity contribution in [2.45, 2.75) is 55.0 Å². The maximum atomic E-state index is 14.3. The lowest BCUT2D eigenvalue weighted by Crippen LogP contribution is -2.59. The van der Waals surface area contributed by atoms with Crippen LogP contribution in [0.4, 0.5) is 5.69 Å². The summed E-state index contributed by atoms with van der Waals surface area (Å²) in [6, 6.07) is 28.2. The van der Waals surface area contributed by atoms with Crippen molar-refractivity contribution in [2.75, 3.05) is 10.8 Å². The van der Waals surface area contributed by atoms with Crippen molar-refractivity contribution in [3.8, 4) is 0 Å². The lowest BCUT2D eigenvalue weighted by molar-refractivity contribution is 0.0876. The first-order chi connectivity index (χ1) is 20.5. The minimum absolute atomic E-state index is 0.0505. The second-order valence-electron chi connectivity index (χ2n) is 11.6. The zero-order chi connectivity index (χ0) is 30.5. The zero-order valence-electron chi connectivity index (χ0n) is 24.3. The summed E-state index contributed by atoms with van der Waals surface area (Å²) in [5, 5.41) is 0. The molecule has 1 fully saturated rings. The van der Waals surface area contributed by atoms with Crippen LogP contribution in [0.25, 0.3) is 0 Å². The van der Waals surface area contributed by atoms with Gasteiger partial charge in [-0.1, -0.05) is 90.8 Å². The van der Waals surface area contributed by atoms with Gasteiger partial charge < -0.3 is 0 Å². The maximum Gasteiger partial charge on any atom is 0.264 e. The second-order valence-corrected chi connectivity index (χ2v) is 15.3. The number of para-hydroxylation sites is 1. The molecule has 2 aliphatic heterocycles. The molecule has 2 aliphatic rings. The van der Waals surface area contributed by atoms with Crippen molar-refractivity contribution in [3.05, 3.63) is 125 Å². The molecule has 6 rings (SSSR count). The van der Waals surface area contributed by atoms with Crippen molar-refractivity contribution in [1.82, 2.24) is 4.31 Å². The molecule has 1 unspecified atom stereocenters. The molecule has 4 aromatic rings. The Morgan fingerprint density at radius 2 is 1.26 bits per heavy atom. The molecular weight excluding hydrogens is 581 g/mol. The molecule has 4 atom stereocenters. The van der Waals surface area contributed by atoms with Gasteiger partial charge in [-0.3, -0.25) is 9.10 Å². The smallest absolute Gasteiger partial charge is 0.264 e. The molecule has 0 amide bonds. The van der Waals surface area contributed by atoms with E-state index in [4.69, 9.17) is 0 Å². The third kappa shape index (κ3) is 5.09. The summed E-state index contributed by atoms with van der Waals surface area (Å²) in [5.41, 5.74) is 3.70. The van der Waals surface area contributed by atoms with E-state index in [1.54, 1.807) is 84.9 Å². The number of benzene rings is 4. The maximum absolute atomic E-state index is 14.3. The molecule has 2 heterocycles. The monoisotopic (exact) mass is 614 g/mol. The Morgan fingerprint density at radius 3 is 1.86 bits per heavy atom. The number of rotatable bonds is 7. The molecule has 9 heteroatoms. The van der Waals surface area contributed by atoms with Crippen LogP contribution in [0.2, 0.25) is 0 Å². The molecule has 1 saturated heterocycles. The van der Waals surface area contributed by atoms with E-state index in [0.29, 0.717) is 11.3 Å². The van der Waals surface area contributed by atoms with Gasteiger partial charge in [0.05, 0.1) is 21.5 Å². The van der Waals surface area contributed by atoms with Crippen molar-refractivity contribution < 1.29 is 21.6 Å². The van der Waals surface area contributed by atoms with Gasteiger partial charge in [0.1, 0.15) is 0 Å². The highest BCUT2D eigenvalue weighted by atomic mass is 32.2. The number of ketones is 1. The normalized spacial score (nSPS) is 22.2. The first-order valence-corrected chi connectivity index (χ1v) is 17.2. The molecule has 4 aromatic carbocycles. The zero-order valence-corrected chi connectivity index (χ0v) is 25.9. The molecule has 0 radical (unpaired) electrons. The molecular formula is C34H34N2O5S2. The number of carbonyl (C=O) groups is 1. The SMILES string of the molecule is Cc1ccc(S(=O)(=O)N2C[C@@H]3c4ccccc4N(S(=O)(=O)c4ccc(C)cc4)[C@@H]3[C@@H](C)C2CC(=O)c2ccccc2)cc1. The van der Waals surface area contributed by atoms with E-state index in [0.717, 1.165) is 16.7 Å². The van der Waals surface area contributed by atoms with Gasteiger partial charge in [-0.15, -0.1) is 0 Å². The summed E-state index contributed by atoms with van der Waals surface area (Å²) >= 11 is 0. The third-order valence-electron chi connectivity index (χ3n) is 8.84. The summed E-state index contributed by atoms with van der Waals surface area (Å²) in [5.74, 6) is -1.13. The van der Waals surface area contributed by atoms with Crippen molar-refractivity contribution in [3.63, 3.8) is 0 Å². The average molecular weight is 615 g/mol. The van der Waals surface area contributed by atoms with Crippen LogP contribution < -0.4 is 4.31 Å². The number of hydrogen-bond acceptors (Lipinski definition) is 5. The van der Waals surface area contributed by atoms with Crippen molar-refractivity contribution in [2.24, 2.45) is 5.92 Å². The quantitative estimate of drug-likeness (QED) is 0.240. The number of anilines is 1. The van der Waals surface area contributed by atoms with E-state index in [1.807, 2.05) is 39.0 Å². The van der Waals surface area contributed by atoms with Crippen LogP contribution in [0.15, 0.2) is 113 Å². The fourth-order valence-corrected chi connectivity index (χ4v) is 10.1. The van der Waals surface area contributed by atoms with Gasteiger partial charge in [-0.25, -0.2) is 16.8 Å². The highest BCUT2D eigenvalue weighted by Crippen LogP contribution is 2.51. The van der Waals surface area contributed by atoms with Crippen LogP contribution in [-0.2, 0) is 20.0 Å². The fourth-order valence-electron chi connectivity index (χ4n) is 6.57. The van der Waals surface area contributed by atoms with Crippen LogP contribution in [0.3, 0.4) is 0 Å². The fraction of sp³-hybridized carbons (Fsp3) is 0.265. The van der Waals surface area contributed by atoms with Crippen LogP contribution >= 0.6 is 0 Å². The average Bonchev–Trinajstić information content (AvgIpc) is 3.35. The summed E-state index contributed by atoms with van der Waals surface area (Å²) in [4.78, 5) is 13.9. The molecule has 7 nitrogen and oxygen atoms in total. The lowest BCUT2D eigenvalue weighted by atomic mass is 9.78. The van der Waals surface area contributed by atoms with Gasteiger partial charge in [0.2, 0.25) is 10.0 Å². The summed E-state index contributed by atoms with van der Waals surface area (Å²) in [6.07, 6.45) is -0.0751.